The summed E-state index contributed by atoms with van der Waals surface area (Å²) in [5.74, 6) is -0.391. The van der Waals surface area contributed by atoms with Gasteiger partial charge in [0.05, 0.1) is 5.57 Å². The van der Waals surface area contributed by atoms with Gasteiger partial charge in [-0.05, 0) is 32.9 Å². The summed E-state index contributed by atoms with van der Waals surface area (Å²) >= 11 is 0. The molecule has 0 aromatic heterocycles. The number of piperidine rings is 1. The quantitative estimate of drug-likeness (QED) is 0.845. The Hall–Kier alpha value is -2.50. The minimum atomic E-state index is -0.968. The molecule has 0 bridgehead atoms. The van der Waals surface area contributed by atoms with Crippen molar-refractivity contribution in [2.45, 2.75) is 44.8 Å². The number of benzene rings is 1. The Morgan fingerprint density at radius 3 is 2.44 bits per heavy atom. The maximum Gasteiger partial charge on any atom is 0.410 e. The third kappa shape index (κ3) is 3.62. The average molecular weight is 345 g/mol. The SMILES string of the molecule is CC(C)(C)OC(=O)N1CCC2(C=C(C(=O)O)c3ccccc3O2)CC1. The van der Waals surface area contributed by atoms with Gasteiger partial charge in [-0.1, -0.05) is 18.2 Å². The lowest BCUT2D eigenvalue weighted by Crippen LogP contribution is -2.50. The zero-order valence-corrected chi connectivity index (χ0v) is 14.7. The van der Waals surface area contributed by atoms with Crippen LogP contribution < -0.4 is 4.74 Å². The fourth-order valence-corrected chi connectivity index (χ4v) is 3.19. The molecule has 0 saturated carbocycles. The highest BCUT2D eigenvalue weighted by atomic mass is 16.6. The van der Waals surface area contributed by atoms with E-state index in [0.29, 0.717) is 37.2 Å². The molecular formula is C19H23NO5. The van der Waals surface area contributed by atoms with Crippen molar-refractivity contribution in [3.05, 3.63) is 35.9 Å². The number of rotatable bonds is 1. The number of carboxylic acid groups (broad SMARTS) is 1. The molecule has 1 N–H and O–H groups in total. The molecule has 25 heavy (non-hydrogen) atoms. The molecule has 0 radical (unpaired) electrons. The molecule has 3 rings (SSSR count). The number of hydrogen-bond acceptors (Lipinski definition) is 4. The average Bonchev–Trinajstić information content (AvgIpc) is 2.53. The van der Waals surface area contributed by atoms with Gasteiger partial charge in [-0.25, -0.2) is 9.59 Å². The second kappa shape index (κ2) is 6.10. The predicted octanol–water partition coefficient (Wildman–Crippen LogP) is 3.32. The van der Waals surface area contributed by atoms with Crippen LogP contribution in [0.4, 0.5) is 4.79 Å². The Morgan fingerprint density at radius 2 is 1.84 bits per heavy atom. The van der Waals surface area contributed by atoms with E-state index in [1.165, 1.54) is 0 Å². The van der Waals surface area contributed by atoms with E-state index in [9.17, 15) is 14.7 Å². The van der Waals surface area contributed by atoms with Gasteiger partial charge in [-0.15, -0.1) is 0 Å². The van der Waals surface area contributed by atoms with E-state index in [1.807, 2.05) is 26.8 Å². The van der Waals surface area contributed by atoms with Gasteiger partial charge in [-0.2, -0.15) is 0 Å². The highest BCUT2D eigenvalue weighted by Gasteiger charge is 2.41. The van der Waals surface area contributed by atoms with E-state index in [4.69, 9.17) is 9.47 Å². The maximum atomic E-state index is 12.2. The van der Waals surface area contributed by atoms with Crippen LogP contribution in [0.15, 0.2) is 30.3 Å². The first-order chi connectivity index (χ1) is 11.7. The van der Waals surface area contributed by atoms with Gasteiger partial charge < -0.3 is 19.5 Å². The van der Waals surface area contributed by atoms with Crippen LogP contribution in [0.3, 0.4) is 0 Å². The predicted molar refractivity (Wildman–Crippen MR) is 92.5 cm³/mol. The number of ether oxygens (including phenoxy) is 2. The first-order valence-electron chi connectivity index (χ1n) is 8.42. The third-order valence-corrected chi connectivity index (χ3v) is 4.39. The van der Waals surface area contributed by atoms with Gasteiger partial charge in [0.2, 0.25) is 0 Å². The van der Waals surface area contributed by atoms with Crippen LogP contribution in [-0.2, 0) is 9.53 Å². The van der Waals surface area contributed by atoms with Crippen LogP contribution in [0.25, 0.3) is 5.57 Å². The summed E-state index contributed by atoms with van der Waals surface area (Å²) in [4.78, 5) is 25.5. The minimum Gasteiger partial charge on any atom is -0.482 e. The maximum absolute atomic E-state index is 12.2. The Balaban J connectivity index is 1.78. The Morgan fingerprint density at radius 1 is 1.20 bits per heavy atom. The molecular weight excluding hydrogens is 322 g/mol. The highest BCUT2D eigenvalue weighted by Crippen LogP contribution is 2.41. The standard InChI is InChI=1S/C19H23NO5/c1-18(2,3)25-17(23)20-10-8-19(9-11-20)12-14(16(21)22)13-6-4-5-7-15(13)24-19/h4-7,12H,8-11H2,1-3H3,(H,21,22). The van der Waals surface area contributed by atoms with Crippen LogP contribution in [0.1, 0.15) is 39.2 Å². The fourth-order valence-electron chi connectivity index (χ4n) is 3.19. The van der Waals surface area contributed by atoms with E-state index in [-0.39, 0.29) is 11.7 Å². The normalized spacial score (nSPS) is 18.8. The number of carbonyl (C=O) groups excluding carboxylic acids is 1. The molecule has 6 heteroatoms. The van der Waals surface area contributed by atoms with Crippen LogP contribution in [0.5, 0.6) is 5.75 Å². The van der Waals surface area contributed by atoms with Gasteiger partial charge in [-0.3, -0.25) is 0 Å². The molecule has 2 aliphatic heterocycles. The lowest BCUT2D eigenvalue weighted by atomic mass is 9.85. The van der Waals surface area contributed by atoms with Gasteiger partial charge in [0.25, 0.3) is 0 Å². The zero-order valence-electron chi connectivity index (χ0n) is 14.7. The fraction of sp³-hybridized carbons (Fsp3) is 0.474. The summed E-state index contributed by atoms with van der Waals surface area (Å²) in [7, 11) is 0. The van der Waals surface area contributed by atoms with Crippen molar-refractivity contribution in [1.29, 1.82) is 0 Å². The lowest BCUT2D eigenvalue weighted by Gasteiger charge is -2.42. The number of likely N-dealkylation sites (tertiary alicyclic amines) is 1. The molecule has 2 heterocycles. The number of carbonyl (C=O) groups is 2. The highest BCUT2D eigenvalue weighted by molar-refractivity contribution is 6.16. The lowest BCUT2D eigenvalue weighted by molar-refractivity contribution is -0.130. The number of nitrogens with zero attached hydrogens (tertiary/aromatic N) is 1. The monoisotopic (exact) mass is 345 g/mol. The summed E-state index contributed by atoms with van der Waals surface area (Å²) in [6.45, 7) is 6.42. The smallest absolute Gasteiger partial charge is 0.410 e. The molecule has 1 aromatic carbocycles. The Bertz CT molecular complexity index is 724. The van der Waals surface area contributed by atoms with E-state index in [2.05, 4.69) is 0 Å². The van der Waals surface area contributed by atoms with Crippen LogP contribution in [0, 0.1) is 0 Å². The first kappa shape index (κ1) is 17.3. The molecule has 1 amide bonds. The molecule has 1 fully saturated rings. The summed E-state index contributed by atoms with van der Waals surface area (Å²) in [6.07, 6.45) is 2.40. The molecule has 1 aromatic rings. The van der Waals surface area contributed by atoms with Crippen molar-refractivity contribution in [2.24, 2.45) is 0 Å². The molecule has 0 atom stereocenters. The van der Waals surface area contributed by atoms with E-state index >= 15 is 0 Å². The minimum absolute atomic E-state index is 0.257. The Labute approximate surface area is 147 Å². The van der Waals surface area contributed by atoms with E-state index in [0.717, 1.165) is 0 Å². The number of hydrogen-bond donors (Lipinski definition) is 1. The molecule has 0 unspecified atom stereocenters. The zero-order chi connectivity index (χ0) is 18.2. The summed E-state index contributed by atoms with van der Waals surface area (Å²) in [6, 6.07) is 7.15. The van der Waals surface area contributed by atoms with Crippen molar-refractivity contribution in [3.8, 4) is 5.75 Å². The Kier molecular flexibility index (Phi) is 4.22. The van der Waals surface area contributed by atoms with Crippen LogP contribution >= 0.6 is 0 Å². The molecule has 6 nitrogen and oxygen atoms in total. The van der Waals surface area contributed by atoms with Crippen molar-refractivity contribution < 1.29 is 24.2 Å². The largest absolute Gasteiger partial charge is 0.482 e. The summed E-state index contributed by atoms with van der Waals surface area (Å²) < 4.78 is 11.6. The van der Waals surface area contributed by atoms with E-state index in [1.54, 1.807) is 29.2 Å². The second-order valence-electron chi connectivity index (χ2n) is 7.49. The molecule has 0 aliphatic carbocycles. The number of aliphatic carboxylic acids is 1. The van der Waals surface area contributed by atoms with Crippen molar-refractivity contribution in [1.82, 2.24) is 4.90 Å². The summed E-state index contributed by atoms with van der Waals surface area (Å²) in [5, 5.41) is 9.56. The number of fused-ring (bicyclic) bond motifs is 1. The molecule has 134 valence electrons. The molecule has 1 spiro atoms. The third-order valence-electron chi connectivity index (χ3n) is 4.39. The molecule has 1 saturated heterocycles. The number of amides is 1. The second-order valence-corrected chi connectivity index (χ2v) is 7.49. The van der Waals surface area contributed by atoms with E-state index < -0.39 is 17.2 Å². The first-order valence-corrected chi connectivity index (χ1v) is 8.42. The number of para-hydroxylation sites is 1. The van der Waals surface area contributed by atoms with Gasteiger partial charge >= 0.3 is 12.1 Å². The van der Waals surface area contributed by atoms with Crippen molar-refractivity contribution >= 4 is 17.6 Å². The van der Waals surface area contributed by atoms with Gasteiger partial charge in [0.1, 0.15) is 17.0 Å². The van der Waals surface area contributed by atoms with Crippen LogP contribution in [-0.4, -0.2) is 46.4 Å². The van der Waals surface area contributed by atoms with Crippen molar-refractivity contribution in [2.75, 3.05) is 13.1 Å². The summed E-state index contributed by atoms with van der Waals surface area (Å²) in [5.41, 5.74) is -0.383. The van der Waals surface area contributed by atoms with Crippen molar-refractivity contribution in [3.63, 3.8) is 0 Å². The molecule has 2 aliphatic rings. The van der Waals surface area contributed by atoms with Gasteiger partial charge in [0.15, 0.2) is 0 Å². The topological polar surface area (TPSA) is 76.1 Å². The van der Waals surface area contributed by atoms with Crippen LogP contribution in [0.2, 0.25) is 0 Å². The van der Waals surface area contributed by atoms with Gasteiger partial charge in [0, 0.05) is 31.5 Å². The number of carboxylic acids is 1.